The van der Waals surface area contributed by atoms with Crippen LogP contribution in [0.3, 0.4) is 0 Å². The first-order chi connectivity index (χ1) is 11.1. The first kappa shape index (κ1) is 18.1. The maximum atomic E-state index is 11.8. The number of aliphatic hydroxyl groups is 1. The predicted octanol–water partition coefficient (Wildman–Crippen LogP) is 1.40. The van der Waals surface area contributed by atoms with Crippen LogP contribution in [0, 0.1) is 0 Å². The SMILES string of the molecule is CC(CCNC(=O)/C=C/c1cc(CO)cs1)N1CCN(C)CC1. The summed E-state index contributed by atoms with van der Waals surface area (Å²) in [7, 11) is 2.16. The number of carbonyl (C=O) groups is 1. The summed E-state index contributed by atoms with van der Waals surface area (Å²) in [6, 6.07) is 2.39. The molecule has 0 aliphatic carbocycles. The van der Waals surface area contributed by atoms with Crippen molar-refractivity contribution in [2.75, 3.05) is 39.8 Å². The maximum Gasteiger partial charge on any atom is 0.244 e. The van der Waals surface area contributed by atoms with Gasteiger partial charge < -0.3 is 15.3 Å². The van der Waals surface area contributed by atoms with Crippen molar-refractivity contribution in [3.05, 3.63) is 28.0 Å². The Balaban J connectivity index is 1.66. The van der Waals surface area contributed by atoms with Crippen molar-refractivity contribution in [1.29, 1.82) is 0 Å². The third kappa shape index (κ3) is 6.06. The molecule has 0 saturated carbocycles. The van der Waals surface area contributed by atoms with E-state index in [0.29, 0.717) is 12.6 Å². The molecule has 128 valence electrons. The lowest BCUT2D eigenvalue weighted by molar-refractivity contribution is -0.116. The summed E-state index contributed by atoms with van der Waals surface area (Å²) < 4.78 is 0. The molecule has 1 fully saturated rings. The van der Waals surface area contributed by atoms with E-state index in [1.165, 1.54) is 11.3 Å². The van der Waals surface area contributed by atoms with Crippen molar-refractivity contribution in [3.63, 3.8) is 0 Å². The average Bonchev–Trinajstić information content (AvgIpc) is 3.01. The zero-order chi connectivity index (χ0) is 16.7. The monoisotopic (exact) mass is 337 g/mol. The van der Waals surface area contributed by atoms with Crippen LogP contribution in [-0.2, 0) is 11.4 Å². The molecular formula is C17H27N3O2S. The Labute approximate surface area is 142 Å². The molecule has 1 aromatic heterocycles. The molecule has 2 heterocycles. The highest BCUT2D eigenvalue weighted by Crippen LogP contribution is 2.16. The minimum atomic E-state index is -0.0606. The quantitative estimate of drug-likeness (QED) is 0.739. The van der Waals surface area contributed by atoms with Crippen LogP contribution in [0.5, 0.6) is 0 Å². The molecule has 0 radical (unpaired) electrons. The molecule has 1 atom stereocenters. The zero-order valence-electron chi connectivity index (χ0n) is 14.0. The van der Waals surface area contributed by atoms with Crippen molar-refractivity contribution in [2.45, 2.75) is 26.0 Å². The molecule has 1 amide bonds. The van der Waals surface area contributed by atoms with Gasteiger partial charge in [-0.2, -0.15) is 0 Å². The van der Waals surface area contributed by atoms with E-state index in [1.54, 1.807) is 12.2 Å². The van der Waals surface area contributed by atoms with Gasteiger partial charge in [0, 0.05) is 49.7 Å². The number of piperazine rings is 1. The zero-order valence-corrected chi connectivity index (χ0v) is 14.8. The van der Waals surface area contributed by atoms with Gasteiger partial charge >= 0.3 is 0 Å². The van der Waals surface area contributed by atoms with E-state index in [4.69, 9.17) is 5.11 Å². The normalized spacial score (nSPS) is 18.4. The first-order valence-electron chi connectivity index (χ1n) is 8.15. The van der Waals surface area contributed by atoms with Gasteiger partial charge in [0.25, 0.3) is 0 Å². The van der Waals surface area contributed by atoms with E-state index in [2.05, 4.69) is 29.1 Å². The van der Waals surface area contributed by atoms with Crippen LogP contribution in [0.15, 0.2) is 17.5 Å². The highest BCUT2D eigenvalue weighted by Gasteiger charge is 2.18. The van der Waals surface area contributed by atoms with Crippen molar-refractivity contribution in [1.82, 2.24) is 15.1 Å². The molecule has 1 aliphatic rings. The number of nitrogens with one attached hydrogen (secondary N) is 1. The number of aliphatic hydroxyl groups excluding tert-OH is 1. The second-order valence-electron chi connectivity index (χ2n) is 6.12. The van der Waals surface area contributed by atoms with E-state index in [0.717, 1.165) is 43.0 Å². The lowest BCUT2D eigenvalue weighted by Gasteiger charge is -2.36. The van der Waals surface area contributed by atoms with E-state index in [-0.39, 0.29) is 12.5 Å². The molecule has 23 heavy (non-hydrogen) atoms. The van der Waals surface area contributed by atoms with Gasteiger partial charge in [-0.05, 0) is 43.5 Å². The first-order valence-corrected chi connectivity index (χ1v) is 9.03. The van der Waals surface area contributed by atoms with Gasteiger partial charge in [0.2, 0.25) is 5.91 Å². The van der Waals surface area contributed by atoms with Gasteiger partial charge in [-0.3, -0.25) is 9.69 Å². The van der Waals surface area contributed by atoms with E-state index in [9.17, 15) is 4.79 Å². The number of carbonyl (C=O) groups excluding carboxylic acids is 1. The molecule has 0 aromatic carbocycles. The van der Waals surface area contributed by atoms with E-state index < -0.39 is 0 Å². The van der Waals surface area contributed by atoms with Crippen molar-refractivity contribution in [3.8, 4) is 0 Å². The fraction of sp³-hybridized carbons (Fsp3) is 0.588. The van der Waals surface area contributed by atoms with Crippen LogP contribution in [0.25, 0.3) is 6.08 Å². The second-order valence-corrected chi connectivity index (χ2v) is 7.06. The van der Waals surface area contributed by atoms with Crippen LogP contribution >= 0.6 is 11.3 Å². The second kappa shape index (κ2) is 9.17. The molecular weight excluding hydrogens is 310 g/mol. The van der Waals surface area contributed by atoms with Crippen molar-refractivity contribution < 1.29 is 9.90 Å². The van der Waals surface area contributed by atoms with Crippen LogP contribution < -0.4 is 5.32 Å². The Morgan fingerprint density at radius 1 is 1.43 bits per heavy atom. The number of likely N-dealkylation sites (N-methyl/N-ethyl adjacent to an activating group) is 1. The lowest BCUT2D eigenvalue weighted by atomic mass is 10.1. The number of thiophene rings is 1. The van der Waals surface area contributed by atoms with Gasteiger partial charge in [0.15, 0.2) is 0 Å². The van der Waals surface area contributed by atoms with Crippen LogP contribution in [0.4, 0.5) is 0 Å². The van der Waals surface area contributed by atoms with Gasteiger partial charge in [0.1, 0.15) is 0 Å². The molecule has 2 N–H and O–H groups in total. The largest absolute Gasteiger partial charge is 0.392 e. The minimum Gasteiger partial charge on any atom is -0.392 e. The Morgan fingerprint density at radius 3 is 2.83 bits per heavy atom. The van der Waals surface area contributed by atoms with Crippen LogP contribution in [0.1, 0.15) is 23.8 Å². The fourth-order valence-electron chi connectivity index (χ4n) is 2.63. The molecule has 5 nitrogen and oxygen atoms in total. The molecule has 1 unspecified atom stereocenters. The molecule has 1 aliphatic heterocycles. The van der Waals surface area contributed by atoms with E-state index in [1.807, 2.05) is 11.4 Å². The number of amides is 1. The summed E-state index contributed by atoms with van der Waals surface area (Å²) in [6.07, 6.45) is 4.33. The summed E-state index contributed by atoms with van der Waals surface area (Å²) in [6.45, 7) is 7.43. The summed E-state index contributed by atoms with van der Waals surface area (Å²) in [5.74, 6) is -0.0606. The highest BCUT2D eigenvalue weighted by atomic mass is 32.1. The Kier molecular flexibility index (Phi) is 7.23. The van der Waals surface area contributed by atoms with Crippen molar-refractivity contribution >= 4 is 23.3 Å². The van der Waals surface area contributed by atoms with E-state index >= 15 is 0 Å². The maximum absolute atomic E-state index is 11.8. The van der Waals surface area contributed by atoms with Gasteiger partial charge in [-0.25, -0.2) is 0 Å². The lowest BCUT2D eigenvalue weighted by Crippen LogP contribution is -2.48. The summed E-state index contributed by atoms with van der Waals surface area (Å²) in [5.41, 5.74) is 0.885. The summed E-state index contributed by atoms with van der Waals surface area (Å²) in [4.78, 5) is 17.7. The van der Waals surface area contributed by atoms with Crippen LogP contribution in [0.2, 0.25) is 0 Å². The molecule has 0 bridgehead atoms. The third-order valence-electron chi connectivity index (χ3n) is 4.28. The molecule has 0 spiro atoms. The van der Waals surface area contributed by atoms with Gasteiger partial charge in [0.05, 0.1) is 6.61 Å². The summed E-state index contributed by atoms with van der Waals surface area (Å²) in [5, 5.41) is 13.9. The molecule has 2 rings (SSSR count). The average molecular weight is 337 g/mol. The molecule has 1 saturated heterocycles. The van der Waals surface area contributed by atoms with Gasteiger partial charge in [-0.15, -0.1) is 11.3 Å². The summed E-state index contributed by atoms with van der Waals surface area (Å²) >= 11 is 1.53. The Morgan fingerprint density at radius 2 is 2.17 bits per heavy atom. The Bertz CT molecular complexity index is 522. The molecule has 1 aromatic rings. The number of hydrogen-bond acceptors (Lipinski definition) is 5. The smallest absolute Gasteiger partial charge is 0.244 e. The Hall–Kier alpha value is -1.21. The predicted molar refractivity (Wildman–Crippen MR) is 95.4 cm³/mol. The minimum absolute atomic E-state index is 0.0424. The number of nitrogens with zero attached hydrogens (tertiary/aromatic N) is 2. The topological polar surface area (TPSA) is 55.8 Å². The number of hydrogen-bond donors (Lipinski definition) is 2. The van der Waals surface area contributed by atoms with Gasteiger partial charge in [-0.1, -0.05) is 0 Å². The number of rotatable bonds is 7. The van der Waals surface area contributed by atoms with Crippen LogP contribution in [-0.4, -0.2) is 66.6 Å². The standard InChI is InChI=1S/C17H27N3O2S/c1-14(20-9-7-19(2)8-10-20)5-6-18-17(22)4-3-16-11-15(12-21)13-23-16/h3-4,11,13-14,21H,5-10,12H2,1-2H3,(H,18,22)/b4-3+. The highest BCUT2D eigenvalue weighted by molar-refractivity contribution is 7.11. The fourth-order valence-corrected chi connectivity index (χ4v) is 3.43. The molecule has 6 heteroatoms. The third-order valence-corrected chi connectivity index (χ3v) is 5.22. The van der Waals surface area contributed by atoms with Crippen molar-refractivity contribution in [2.24, 2.45) is 0 Å².